The zero-order valence-electron chi connectivity index (χ0n) is 11.7. The van der Waals surface area contributed by atoms with Crippen molar-refractivity contribution in [2.24, 2.45) is 0 Å². The Morgan fingerprint density at radius 3 is 3.00 bits per heavy atom. The molecule has 0 spiro atoms. The second kappa shape index (κ2) is 6.18. The number of halogens is 1. The van der Waals surface area contributed by atoms with Crippen molar-refractivity contribution in [3.05, 3.63) is 11.2 Å². The van der Waals surface area contributed by atoms with Gasteiger partial charge in [0, 0.05) is 30.1 Å². The number of aromatic nitrogens is 2. The third kappa shape index (κ3) is 3.89. The summed E-state index contributed by atoms with van der Waals surface area (Å²) in [6.07, 6.45) is 2.74. The second-order valence-corrected chi connectivity index (χ2v) is 7.53. The van der Waals surface area contributed by atoms with Gasteiger partial charge in [0.1, 0.15) is 5.02 Å². The van der Waals surface area contributed by atoms with Crippen LogP contribution in [0, 0.1) is 0 Å². The largest absolute Gasteiger partial charge is 0.354 e. The molecule has 1 aliphatic heterocycles. The van der Waals surface area contributed by atoms with E-state index in [1.807, 2.05) is 11.8 Å². The number of rotatable bonds is 4. The van der Waals surface area contributed by atoms with E-state index >= 15 is 0 Å². The molecule has 4 nitrogen and oxygen atoms in total. The van der Waals surface area contributed by atoms with Gasteiger partial charge in [-0.2, -0.15) is 16.7 Å². The van der Waals surface area contributed by atoms with Crippen LogP contribution in [0.5, 0.6) is 0 Å². The maximum Gasteiger partial charge on any atom is 0.224 e. The first-order chi connectivity index (χ1) is 9.02. The molecule has 1 aliphatic rings. The first kappa shape index (κ1) is 14.7. The Hall–Kier alpha value is -0.680. The summed E-state index contributed by atoms with van der Waals surface area (Å²) >= 11 is 8.25. The number of nitrogens with one attached hydrogen (secondary N) is 1. The lowest BCUT2D eigenvalue weighted by Crippen LogP contribution is -2.43. The van der Waals surface area contributed by atoms with Crippen molar-refractivity contribution >= 4 is 35.1 Å². The molecule has 106 valence electrons. The predicted molar refractivity (Wildman–Crippen MR) is 84.6 cm³/mol. The molecular weight excluding hydrogens is 280 g/mol. The average molecular weight is 301 g/mol. The Labute approximate surface area is 124 Å². The minimum atomic E-state index is 0.240. The molecular formula is C13H21ClN4S. The predicted octanol–water partition coefficient (Wildman–Crippen LogP) is 3.28. The van der Waals surface area contributed by atoms with Crippen LogP contribution in [0.2, 0.25) is 5.02 Å². The van der Waals surface area contributed by atoms with E-state index in [1.165, 1.54) is 0 Å². The fraction of sp³-hybridized carbons (Fsp3) is 0.692. The number of anilines is 2. The van der Waals surface area contributed by atoms with E-state index < -0.39 is 0 Å². The van der Waals surface area contributed by atoms with Crippen LogP contribution < -0.4 is 10.2 Å². The van der Waals surface area contributed by atoms with Crippen LogP contribution in [0.4, 0.5) is 11.8 Å². The highest BCUT2D eigenvalue weighted by Gasteiger charge is 2.29. The topological polar surface area (TPSA) is 41.1 Å². The summed E-state index contributed by atoms with van der Waals surface area (Å²) in [6, 6.07) is 0. The van der Waals surface area contributed by atoms with E-state index in [9.17, 15) is 0 Å². The highest BCUT2D eigenvalue weighted by atomic mass is 35.5. The van der Waals surface area contributed by atoms with Gasteiger partial charge >= 0.3 is 0 Å². The van der Waals surface area contributed by atoms with Gasteiger partial charge in [0.15, 0.2) is 5.82 Å². The van der Waals surface area contributed by atoms with Crippen molar-refractivity contribution in [2.45, 2.75) is 31.9 Å². The summed E-state index contributed by atoms with van der Waals surface area (Å²) in [6.45, 7) is 9.46. The summed E-state index contributed by atoms with van der Waals surface area (Å²) in [7, 11) is 0. The fourth-order valence-electron chi connectivity index (χ4n) is 2.10. The summed E-state index contributed by atoms with van der Waals surface area (Å²) in [5, 5.41) is 3.84. The van der Waals surface area contributed by atoms with Crippen LogP contribution in [0.3, 0.4) is 0 Å². The normalized spacial score (nSPS) is 18.4. The molecule has 0 radical (unpaired) electrons. The molecule has 0 aromatic carbocycles. The standard InChI is InChI=1S/C13H21ClN4S/c1-4-5-15-12-16-8-10(14)11(17-12)18-6-7-19-13(2,3)9-18/h8H,4-7,9H2,1-3H3,(H,15,16,17). The molecule has 6 heteroatoms. The highest BCUT2D eigenvalue weighted by molar-refractivity contribution is 8.00. The first-order valence-electron chi connectivity index (χ1n) is 6.67. The van der Waals surface area contributed by atoms with E-state index in [4.69, 9.17) is 11.6 Å². The molecule has 1 N–H and O–H groups in total. The minimum Gasteiger partial charge on any atom is -0.354 e. The SMILES string of the molecule is CCCNc1ncc(Cl)c(N2CCSC(C)(C)C2)n1. The third-order valence-corrected chi connectivity index (χ3v) is 4.55. The van der Waals surface area contributed by atoms with Crippen molar-refractivity contribution < 1.29 is 0 Å². The van der Waals surface area contributed by atoms with Gasteiger partial charge in [0.2, 0.25) is 5.95 Å². The highest BCUT2D eigenvalue weighted by Crippen LogP contribution is 2.34. The zero-order valence-corrected chi connectivity index (χ0v) is 13.3. The molecule has 2 heterocycles. The number of hydrogen-bond donors (Lipinski definition) is 1. The van der Waals surface area contributed by atoms with Gasteiger partial charge in [-0.25, -0.2) is 4.98 Å². The minimum absolute atomic E-state index is 0.240. The summed E-state index contributed by atoms with van der Waals surface area (Å²) in [4.78, 5) is 11.0. The molecule has 0 atom stereocenters. The Morgan fingerprint density at radius 2 is 2.32 bits per heavy atom. The number of hydrogen-bond acceptors (Lipinski definition) is 5. The summed E-state index contributed by atoms with van der Waals surface area (Å²) in [5.41, 5.74) is 0. The molecule has 1 aromatic rings. The lowest BCUT2D eigenvalue weighted by Gasteiger charge is -2.38. The van der Waals surface area contributed by atoms with Crippen LogP contribution in [-0.4, -0.2) is 40.1 Å². The van der Waals surface area contributed by atoms with Gasteiger partial charge in [-0.05, 0) is 20.3 Å². The molecule has 2 rings (SSSR count). The molecule has 1 aromatic heterocycles. The second-order valence-electron chi connectivity index (χ2n) is 5.32. The lowest BCUT2D eigenvalue weighted by molar-refractivity contribution is 0.642. The van der Waals surface area contributed by atoms with Crippen molar-refractivity contribution in [1.82, 2.24) is 9.97 Å². The molecule has 1 fully saturated rings. The number of thioether (sulfide) groups is 1. The average Bonchev–Trinajstić information content (AvgIpc) is 2.36. The molecule has 19 heavy (non-hydrogen) atoms. The Balaban J connectivity index is 2.18. The summed E-state index contributed by atoms with van der Waals surface area (Å²) in [5.74, 6) is 2.62. The Bertz CT molecular complexity index is 439. The van der Waals surface area contributed by atoms with Crippen LogP contribution in [0.15, 0.2) is 6.20 Å². The molecule has 0 aliphatic carbocycles. The van der Waals surface area contributed by atoms with Crippen molar-refractivity contribution in [3.8, 4) is 0 Å². The van der Waals surface area contributed by atoms with Gasteiger partial charge in [-0.3, -0.25) is 0 Å². The summed E-state index contributed by atoms with van der Waals surface area (Å²) < 4.78 is 0.240. The molecule has 1 saturated heterocycles. The van der Waals surface area contributed by atoms with E-state index in [0.717, 1.165) is 37.6 Å². The van der Waals surface area contributed by atoms with Crippen molar-refractivity contribution in [2.75, 3.05) is 35.6 Å². The first-order valence-corrected chi connectivity index (χ1v) is 8.03. The van der Waals surface area contributed by atoms with Crippen molar-refractivity contribution in [3.63, 3.8) is 0 Å². The quantitative estimate of drug-likeness (QED) is 0.924. The van der Waals surface area contributed by atoms with E-state index in [1.54, 1.807) is 6.20 Å². The fourth-order valence-corrected chi connectivity index (χ4v) is 3.42. The van der Waals surface area contributed by atoms with Gasteiger partial charge in [0.05, 0.1) is 6.20 Å². The van der Waals surface area contributed by atoms with Crippen LogP contribution >= 0.6 is 23.4 Å². The number of nitrogens with zero attached hydrogens (tertiary/aromatic N) is 3. The van der Waals surface area contributed by atoms with Crippen molar-refractivity contribution in [1.29, 1.82) is 0 Å². The lowest BCUT2D eigenvalue weighted by atomic mass is 10.2. The van der Waals surface area contributed by atoms with Crippen LogP contribution in [0.25, 0.3) is 0 Å². The third-order valence-electron chi connectivity index (χ3n) is 2.98. The smallest absolute Gasteiger partial charge is 0.224 e. The van der Waals surface area contributed by atoms with Gasteiger partial charge < -0.3 is 10.2 Å². The van der Waals surface area contributed by atoms with Gasteiger partial charge in [0.25, 0.3) is 0 Å². The maximum atomic E-state index is 6.26. The Morgan fingerprint density at radius 1 is 1.53 bits per heavy atom. The van der Waals surface area contributed by atoms with E-state index in [-0.39, 0.29) is 4.75 Å². The molecule has 0 saturated carbocycles. The van der Waals surface area contributed by atoms with Gasteiger partial charge in [-0.1, -0.05) is 18.5 Å². The molecule has 0 amide bonds. The Kier molecular flexibility index (Phi) is 4.79. The monoisotopic (exact) mass is 300 g/mol. The van der Waals surface area contributed by atoms with E-state index in [0.29, 0.717) is 11.0 Å². The van der Waals surface area contributed by atoms with E-state index in [2.05, 4.69) is 41.0 Å². The maximum absolute atomic E-state index is 6.26. The zero-order chi connectivity index (χ0) is 13.9. The van der Waals surface area contributed by atoms with Crippen LogP contribution in [-0.2, 0) is 0 Å². The van der Waals surface area contributed by atoms with Crippen LogP contribution in [0.1, 0.15) is 27.2 Å². The molecule has 0 unspecified atom stereocenters. The molecule has 0 bridgehead atoms. The van der Waals surface area contributed by atoms with Gasteiger partial charge in [-0.15, -0.1) is 0 Å².